The largest absolute Gasteiger partial charge is 0.380 e. The lowest BCUT2D eigenvalue weighted by Crippen LogP contribution is -1.98. The summed E-state index contributed by atoms with van der Waals surface area (Å²) in [6, 6.07) is 7.90. The van der Waals surface area contributed by atoms with Gasteiger partial charge in [-0.3, -0.25) is 4.98 Å². The Morgan fingerprint density at radius 3 is 3.00 bits per heavy atom. The molecule has 3 nitrogen and oxygen atoms in total. The molecule has 0 fully saturated rings. The van der Waals surface area contributed by atoms with Gasteiger partial charge in [0.1, 0.15) is 0 Å². The van der Waals surface area contributed by atoms with Gasteiger partial charge in [-0.2, -0.15) is 5.26 Å². The van der Waals surface area contributed by atoms with Crippen molar-refractivity contribution in [1.82, 2.24) is 4.98 Å². The molecule has 0 aliphatic heterocycles. The standard InChI is InChI=1S/C12H11N3S/c1-9-4-11(3-2-10(9)5-13)15-7-12-6-14-8-16-12/h2-4,6,8,15H,7H2,1H3. The van der Waals surface area contributed by atoms with E-state index in [0.717, 1.165) is 23.4 Å². The van der Waals surface area contributed by atoms with Gasteiger partial charge < -0.3 is 5.32 Å². The minimum absolute atomic E-state index is 0.725. The molecule has 1 heterocycles. The number of nitrogens with one attached hydrogen (secondary N) is 1. The average molecular weight is 229 g/mol. The van der Waals surface area contributed by atoms with Gasteiger partial charge in [0.2, 0.25) is 0 Å². The van der Waals surface area contributed by atoms with Gasteiger partial charge in [0.05, 0.1) is 23.7 Å². The maximum atomic E-state index is 8.81. The SMILES string of the molecule is Cc1cc(NCc2cncs2)ccc1C#N. The van der Waals surface area contributed by atoms with E-state index in [1.807, 2.05) is 36.8 Å². The molecule has 2 rings (SSSR count). The van der Waals surface area contributed by atoms with Crippen LogP contribution in [-0.4, -0.2) is 4.98 Å². The second-order valence-corrected chi connectivity index (χ2v) is 4.43. The lowest BCUT2D eigenvalue weighted by Gasteiger charge is -2.06. The lowest BCUT2D eigenvalue weighted by molar-refractivity contribution is 1.17. The van der Waals surface area contributed by atoms with Crippen LogP contribution in [-0.2, 0) is 6.54 Å². The monoisotopic (exact) mass is 229 g/mol. The van der Waals surface area contributed by atoms with Crippen molar-refractivity contribution in [2.45, 2.75) is 13.5 Å². The Balaban J connectivity index is 2.06. The highest BCUT2D eigenvalue weighted by Crippen LogP contribution is 2.16. The molecule has 0 spiro atoms. The fourth-order valence-electron chi connectivity index (χ4n) is 1.42. The summed E-state index contributed by atoms with van der Waals surface area (Å²) in [5.41, 5.74) is 4.58. The molecule has 1 aromatic carbocycles. The predicted octanol–water partition coefficient (Wildman–Crippen LogP) is 2.94. The van der Waals surface area contributed by atoms with E-state index < -0.39 is 0 Å². The quantitative estimate of drug-likeness (QED) is 0.880. The molecule has 0 atom stereocenters. The summed E-state index contributed by atoms with van der Waals surface area (Å²) in [5, 5.41) is 12.1. The van der Waals surface area contributed by atoms with Crippen molar-refractivity contribution in [3.8, 4) is 6.07 Å². The molecule has 0 bridgehead atoms. The van der Waals surface area contributed by atoms with Crippen LogP contribution >= 0.6 is 11.3 Å². The van der Waals surface area contributed by atoms with E-state index in [1.54, 1.807) is 11.3 Å². The van der Waals surface area contributed by atoms with Crippen LogP contribution in [0, 0.1) is 18.3 Å². The molecule has 0 amide bonds. The van der Waals surface area contributed by atoms with E-state index in [1.165, 1.54) is 4.88 Å². The summed E-state index contributed by atoms with van der Waals surface area (Å²) in [6.07, 6.45) is 1.86. The highest BCUT2D eigenvalue weighted by molar-refractivity contribution is 7.09. The van der Waals surface area contributed by atoms with Crippen molar-refractivity contribution in [2.75, 3.05) is 5.32 Å². The zero-order chi connectivity index (χ0) is 11.4. The Hall–Kier alpha value is -1.86. The van der Waals surface area contributed by atoms with Gasteiger partial charge in [0, 0.05) is 16.8 Å². The second kappa shape index (κ2) is 4.77. The van der Waals surface area contributed by atoms with Crippen molar-refractivity contribution >= 4 is 17.0 Å². The second-order valence-electron chi connectivity index (χ2n) is 3.46. The van der Waals surface area contributed by atoms with Crippen LogP contribution in [0.25, 0.3) is 0 Å². The first-order valence-electron chi connectivity index (χ1n) is 4.91. The summed E-state index contributed by atoms with van der Waals surface area (Å²) in [7, 11) is 0. The number of nitrogens with zero attached hydrogens (tertiary/aromatic N) is 2. The average Bonchev–Trinajstić information content (AvgIpc) is 2.79. The minimum atomic E-state index is 0.725. The third kappa shape index (κ3) is 2.38. The van der Waals surface area contributed by atoms with Crippen molar-refractivity contribution < 1.29 is 0 Å². The van der Waals surface area contributed by atoms with E-state index in [4.69, 9.17) is 5.26 Å². The highest BCUT2D eigenvalue weighted by atomic mass is 32.1. The van der Waals surface area contributed by atoms with Gasteiger partial charge in [-0.25, -0.2) is 0 Å². The van der Waals surface area contributed by atoms with E-state index in [-0.39, 0.29) is 0 Å². The van der Waals surface area contributed by atoms with Crippen LogP contribution < -0.4 is 5.32 Å². The third-order valence-electron chi connectivity index (χ3n) is 2.30. The summed E-state index contributed by atoms with van der Waals surface area (Å²) >= 11 is 1.63. The summed E-state index contributed by atoms with van der Waals surface area (Å²) < 4.78 is 0. The van der Waals surface area contributed by atoms with Crippen LogP contribution in [0.4, 0.5) is 5.69 Å². The Labute approximate surface area is 98.4 Å². The lowest BCUT2D eigenvalue weighted by atomic mass is 10.1. The molecule has 0 aliphatic rings. The predicted molar refractivity (Wildman–Crippen MR) is 65.3 cm³/mol. The van der Waals surface area contributed by atoms with Crippen molar-refractivity contribution in [1.29, 1.82) is 5.26 Å². The molecule has 4 heteroatoms. The molecule has 1 N–H and O–H groups in total. The molecule has 0 radical (unpaired) electrons. The topological polar surface area (TPSA) is 48.7 Å². The summed E-state index contributed by atoms with van der Waals surface area (Å²) in [5.74, 6) is 0. The normalized spacial score (nSPS) is 9.75. The molecule has 16 heavy (non-hydrogen) atoms. The highest BCUT2D eigenvalue weighted by Gasteiger charge is 1.99. The van der Waals surface area contributed by atoms with Gasteiger partial charge >= 0.3 is 0 Å². The zero-order valence-corrected chi connectivity index (χ0v) is 9.71. The molecular weight excluding hydrogens is 218 g/mol. The fraction of sp³-hybridized carbons (Fsp3) is 0.167. The number of hydrogen-bond acceptors (Lipinski definition) is 4. The van der Waals surface area contributed by atoms with Crippen LogP contribution in [0.1, 0.15) is 16.0 Å². The van der Waals surface area contributed by atoms with E-state index in [2.05, 4.69) is 16.4 Å². The minimum Gasteiger partial charge on any atom is -0.380 e. The van der Waals surface area contributed by atoms with Crippen molar-refractivity contribution in [2.24, 2.45) is 0 Å². The van der Waals surface area contributed by atoms with Gasteiger partial charge in [-0.1, -0.05) is 0 Å². The van der Waals surface area contributed by atoms with Gasteiger partial charge in [0.25, 0.3) is 0 Å². The molecule has 0 saturated heterocycles. The first-order chi connectivity index (χ1) is 7.79. The van der Waals surface area contributed by atoms with Crippen LogP contribution in [0.5, 0.6) is 0 Å². The maximum absolute atomic E-state index is 8.81. The summed E-state index contributed by atoms with van der Waals surface area (Å²) in [4.78, 5) is 5.21. The number of nitriles is 1. The molecule has 0 aliphatic carbocycles. The Bertz CT molecular complexity index is 512. The molecule has 0 unspecified atom stereocenters. The number of aromatic nitrogens is 1. The smallest absolute Gasteiger partial charge is 0.0994 e. The van der Waals surface area contributed by atoms with Crippen LogP contribution in [0.3, 0.4) is 0 Å². The van der Waals surface area contributed by atoms with Gasteiger partial charge in [0.15, 0.2) is 0 Å². The number of thiazole rings is 1. The number of rotatable bonds is 3. The first kappa shape index (κ1) is 10.7. The maximum Gasteiger partial charge on any atom is 0.0994 e. The Morgan fingerprint density at radius 1 is 1.50 bits per heavy atom. The van der Waals surface area contributed by atoms with Gasteiger partial charge in [-0.05, 0) is 30.7 Å². The first-order valence-corrected chi connectivity index (χ1v) is 5.79. The Morgan fingerprint density at radius 2 is 2.38 bits per heavy atom. The molecule has 0 saturated carbocycles. The molecule has 80 valence electrons. The fourth-order valence-corrected chi connectivity index (χ4v) is 1.95. The number of aryl methyl sites for hydroxylation is 1. The third-order valence-corrected chi connectivity index (χ3v) is 3.08. The number of benzene rings is 1. The van der Waals surface area contributed by atoms with Gasteiger partial charge in [-0.15, -0.1) is 11.3 Å². The number of hydrogen-bond donors (Lipinski definition) is 1. The molecule has 2 aromatic rings. The zero-order valence-electron chi connectivity index (χ0n) is 8.90. The Kier molecular flexibility index (Phi) is 3.18. The van der Waals surface area contributed by atoms with Crippen molar-refractivity contribution in [3.63, 3.8) is 0 Å². The number of anilines is 1. The van der Waals surface area contributed by atoms with E-state index in [0.29, 0.717) is 0 Å². The van der Waals surface area contributed by atoms with E-state index >= 15 is 0 Å². The van der Waals surface area contributed by atoms with Crippen LogP contribution in [0.2, 0.25) is 0 Å². The molecular formula is C12H11N3S. The van der Waals surface area contributed by atoms with Crippen molar-refractivity contribution in [3.05, 3.63) is 45.9 Å². The summed E-state index contributed by atoms with van der Waals surface area (Å²) in [6.45, 7) is 2.71. The molecule has 1 aromatic heterocycles. The van der Waals surface area contributed by atoms with E-state index in [9.17, 15) is 0 Å². The van der Waals surface area contributed by atoms with Crippen LogP contribution in [0.15, 0.2) is 29.9 Å².